The predicted molar refractivity (Wildman–Crippen MR) is 52.6 cm³/mol. The van der Waals surface area contributed by atoms with Gasteiger partial charge >= 0.3 is 0 Å². The summed E-state index contributed by atoms with van der Waals surface area (Å²) in [6.07, 6.45) is 0. The number of rotatable bonds is 1. The molecule has 2 rings (SSSR count). The highest BCUT2D eigenvalue weighted by Gasteiger charge is 2.07. The van der Waals surface area contributed by atoms with Gasteiger partial charge in [-0.2, -0.15) is 5.10 Å². The topological polar surface area (TPSA) is 58.9 Å². The molecule has 14 heavy (non-hydrogen) atoms. The van der Waals surface area contributed by atoms with Crippen LogP contribution in [0.3, 0.4) is 0 Å². The van der Waals surface area contributed by atoms with Crippen molar-refractivity contribution < 1.29 is 4.42 Å². The standard InChI is InChI=1S/C8H4Cl2N2O2/c9-4-3-5(11-12-8(4)13)6-1-2-7(10)14-6/h1-3H,(H,12,13). The van der Waals surface area contributed by atoms with Crippen molar-refractivity contribution in [3.63, 3.8) is 0 Å². The van der Waals surface area contributed by atoms with Gasteiger partial charge in [0.15, 0.2) is 11.0 Å². The number of halogens is 2. The number of aromatic nitrogens is 2. The molecule has 6 heteroatoms. The molecule has 0 unspecified atom stereocenters. The fourth-order valence-corrected chi connectivity index (χ4v) is 1.25. The van der Waals surface area contributed by atoms with Crippen molar-refractivity contribution >= 4 is 23.2 Å². The van der Waals surface area contributed by atoms with E-state index in [9.17, 15) is 4.79 Å². The van der Waals surface area contributed by atoms with Crippen molar-refractivity contribution in [3.8, 4) is 11.5 Å². The largest absolute Gasteiger partial charge is 0.443 e. The second kappa shape index (κ2) is 3.48. The SMILES string of the molecule is O=c1[nH]nc(-c2ccc(Cl)o2)cc1Cl. The molecule has 0 bridgehead atoms. The van der Waals surface area contributed by atoms with E-state index in [0.717, 1.165) is 0 Å². The number of hydrogen-bond acceptors (Lipinski definition) is 3. The molecule has 2 aromatic heterocycles. The molecule has 72 valence electrons. The van der Waals surface area contributed by atoms with Crippen LogP contribution in [0.2, 0.25) is 10.2 Å². The van der Waals surface area contributed by atoms with Gasteiger partial charge < -0.3 is 4.42 Å². The molecule has 0 aliphatic carbocycles. The van der Waals surface area contributed by atoms with Crippen molar-refractivity contribution in [2.75, 3.05) is 0 Å². The Labute approximate surface area is 88.5 Å². The van der Waals surface area contributed by atoms with Crippen LogP contribution >= 0.6 is 23.2 Å². The molecule has 0 aliphatic heterocycles. The first-order valence-corrected chi connectivity index (χ1v) is 4.43. The second-order valence-corrected chi connectivity index (χ2v) is 3.31. The molecule has 0 saturated carbocycles. The minimum absolute atomic E-state index is 0.0579. The summed E-state index contributed by atoms with van der Waals surface area (Å²) in [6.45, 7) is 0. The van der Waals surface area contributed by atoms with E-state index in [0.29, 0.717) is 11.5 Å². The lowest BCUT2D eigenvalue weighted by molar-refractivity contribution is 0.580. The zero-order valence-corrected chi connectivity index (χ0v) is 8.26. The van der Waals surface area contributed by atoms with Crippen LogP contribution in [0.15, 0.2) is 27.4 Å². The van der Waals surface area contributed by atoms with E-state index in [1.165, 1.54) is 6.07 Å². The Bertz CT molecular complexity index is 518. The first kappa shape index (κ1) is 9.30. The summed E-state index contributed by atoms with van der Waals surface area (Å²) in [7, 11) is 0. The Morgan fingerprint density at radius 3 is 2.71 bits per heavy atom. The Morgan fingerprint density at radius 2 is 2.14 bits per heavy atom. The summed E-state index contributed by atoms with van der Waals surface area (Å²) in [4.78, 5) is 10.9. The lowest BCUT2D eigenvalue weighted by atomic mass is 10.3. The monoisotopic (exact) mass is 230 g/mol. The maximum atomic E-state index is 10.9. The molecular formula is C8H4Cl2N2O2. The summed E-state index contributed by atoms with van der Waals surface area (Å²) in [5, 5.41) is 6.30. The summed E-state index contributed by atoms with van der Waals surface area (Å²) < 4.78 is 5.09. The molecular weight excluding hydrogens is 227 g/mol. The van der Waals surface area contributed by atoms with Crippen molar-refractivity contribution in [2.45, 2.75) is 0 Å². The fraction of sp³-hybridized carbons (Fsp3) is 0. The molecule has 0 aliphatic rings. The molecule has 2 aromatic rings. The van der Waals surface area contributed by atoms with Crippen LogP contribution in [0.4, 0.5) is 0 Å². The van der Waals surface area contributed by atoms with E-state index in [4.69, 9.17) is 27.6 Å². The summed E-state index contributed by atoms with van der Waals surface area (Å²) in [6, 6.07) is 4.63. The van der Waals surface area contributed by atoms with Crippen LogP contribution in [-0.4, -0.2) is 10.2 Å². The molecule has 0 aromatic carbocycles. The molecule has 4 nitrogen and oxygen atoms in total. The minimum atomic E-state index is -0.437. The normalized spacial score (nSPS) is 10.4. The van der Waals surface area contributed by atoms with E-state index in [2.05, 4.69) is 10.2 Å². The number of nitrogens with one attached hydrogen (secondary N) is 1. The van der Waals surface area contributed by atoms with Gasteiger partial charge in [0.1, 0.15) is 10.7 Å². The van der Waals surface area contributed by atoms with Gasteiger partial charge in [0.25, 0.3) is 5.56 Å². The van der Waals surface area contributed by atoms with Gasteiger partial charge in [0, 0.05) is 0 Å². The quantitative estimate of drug-likeness (QED) is 0.819. The van der Waals surface area contributed by atoms with Crippen molar-refractivity contribution in [3.05, 3.63) is 38.8 Å². The molecule has 2 heterocycles. The number of aromatic amines is 1. The van der Waals surface area contributed by atoms with Crippen LogP contribution in [0.25, 0.3) is 11.5 Å². The summed E-state index contributed by atoms with van der Waals surface area (Å²) in [5.74, 6) is 0.452. The van der Waals surface area contributed by atoms with Gasteiger partial charge in [-0.3, -0.25) is 4.79 Å². The molecule has 0 radical (unpaired) electrons. The maximum Gasteiger partial charge on any atom is 0.282 e. The van der Waals surface area contributed by atoms with Crippen LogP contribution in [0.5, 0.6) is 0 Å². The van der Waals surface area contributed by atoms with E-state index < -0.39 is 5.56 Å². The van der Waals surface area contributed by atoms with Gasteiger partial charge in [-0.25, -0.2) is 5.10 Å². The molecule has 0 spiro atoms. The third-order valence-corrected chi connectivity index (χ3v) is 2.07. The van der Waals surface area contributed by atoms with Gasteiger partial charge in [-0.1, -0.05) is 11.6 Å². The third kappa shape index (κ3) is 1.66. The Balaban J connectivity index is 2.52. The molecule has 0 fully saturated rings. The smallest absolute Gasteiger partial charge is 0.282 e. The highest BCUT2D eigenvalue weighted by Crippen LogP contribution is 2.22. The van der Waals surface area contributed by atoms with Crippen LogP contribution in [0.1, 0.15) is 0 Å². The summed E-state index contributed by atoms with van der Waals surface area (Å²) in [5.41, 5.74) is -0.00503. The summed E-state index contributed by atoms with van der Waals surface area (Å²) >= 11 is 11.2. The van der Waals surface area contributed by atoms with Crippen molar-refractivity contribution in [2.24, 2.45) is 0 Å². The zero-order chi connectivity index (χ0) is 10.1. The first-order chi connectivity index (χ1) is 6.66. The minimum Gasteiger partial charge on any atom is -0.443 e. The number of nitrogens with zero attached hydrogens (tertiary/aromatic N) is 1. The second-order valence-electron chi connectivity index (χ2n) is 2.53. The fourth-order valence-electron chi connectivity index (χ4n) is 0.960. The third-order valence-electron chi connectivity index (χ3n) is 1.58. The van der Waals surface area contributed by atoms with Crippen LogP contribution in [0, 0.1) is 0 Å². The van der Waals surface area contributed by atoms with E-state index in [-0.39, 0.29) is 10.2 Å². The average Bonchev–Trinajstić information content (AvgIpc) is 2.57. The van der Waals surface area contributed by atoms with Crippen molar-refractivity contribution in [1.82, 2.24) is 10.2 Å². The Hall–Kier alpha value is -1.26. The molecule has 0 saturated heterocycles. The number of furan rings is 1. The zero-order valence-electron chi connectivity index (χ0n) is 6.75. The van der Waals surface area contributed by atoms with E-state index >= 15 is 0 Å². The van der Waals surface area contributed by atoms with Gasteiger partial charge in [0.05, 0.1) is 0 Å². The van der Waals surface area contributed by atoms with Crippen LogP contribution in [-0.2, 0) is 0 Å². The van der Waals surface area contributed by atoms with Crippen LogP contribution < -0.4 is 5.56 Å². The highest BCUT2D eigenvalue weighted by molar-refractivity contribution is 6.30. The predicted octanol–water partition coefficient (Wildman–Crippen LogP) is 2.34. The van der Waals surface area contributed by atoms with Crippen molar-refractivity contribution in [1.29, 1.82) is 0 Å². The first-order valence-electron chi connectivity index (χ1n) is 3.68. The lowest BCUT2D eigenvalue weighted by Crippen LogP contribution is -2.08. The molecule has 0 atom stereocenters. The molecule has 1 N–H and O–H groups in total. The number of H-pyrrole nitrogens is 1. The van der Waals surface area contributed by atoms with Gasteiger partial charge in [-0.15, -0.1) is 0 Å². The average molecular weight is 231 g/mol. The Kier molecular flexibility index (Phi) is 2.31. The van der Waals surface area contributed by atoms with E-state index in [1.807, 2.05) is 0 Å². The molecule has 0 amide bonds. The Morgan fingerprint density at radius 1 is 1.36 bits per heavy atom. The van der Waals surface area contributed by atoms with E-state index in [1.54, 1.807) is 12.1 Å². The van der Waals surface area contributed by atoms with Gasteiger partial charge in [0.2, 0.25) is 0 Å². The highest BCUT2D eigenvalue weighted by atomic mass is 35.5. The lowest BCUT2D eigenvalue weighted by Gasteiger charge is -1.94. The van der Waals surface area contributed by atoms with Gasteiger partial charge in [-0.05, 0) is 29.8 Å². The number of hydrogen-bond donors (Lipinski definition) is 1. The maximum absolute atomic E-state index is 10.9.